The first-order chi connectivity index (χ1) is 7.15. The summed E-state index contributed by atoms with van der Waals surface area (Å²) in [5.41, 5.74) is 4.45. The van der Waals surface area contributed by atoms with Crippen molar-refractivity contribution in [3.05, 3.63) is 36.2 Å². The fourth-order valence-electron chi connectivity index (χ4n) is 1.12. The number of aromatic amines is 1. The molecule has 0 fully saturated rings. The fraction of sp³-hybridized carbons (Fsp3) is 0.429. The third kappa shape index (κ3) is 5.26. The molecule has 1 aromatic heterocycles. The SMILES string of the molecule is C=Cc1[nH]c(C)cc1C(=C)C.CC.CC. The highest BCUT2D eigenvalue weighted by Crippen LogP contribution is 2.18. The molecule has 0 unspecified atom stereocenters. The standard InChI is InChI=1S/C10H13N.2C2H6/c1-5-10-9(7(2)3)6-8(4)11-10;2*1-2/h5-6,11H,1-2H2,3-4H3;2*1-2H3. The van der Waals surface area contributed by atoms with Crippen LogP contribution in [0.4, 0.5) is 0 Å². The molecule has 1 aromatic rings. The fourth-order valence-corrected chi connectivity index (χ4v) is 1.12. The Hall–Kier alpha value is -1.24. The Balaban J connectivity index is 0. The molecule has 0 amide bonds. The lowest BCUT2D eigenvalue weighted by atomic mass is 10.1. The van der Waals surface area contributed by atoms with Crippen molar-refractivity contribution in [2.75, 3.05) is 0 Å². The topological polar surface area (TPSA) is 15.8 Å². The van der Waals surface area contributed by atoms with E-state index in [2.05, 4.69) is 24.2 Å². The number of nitrogens with one attached hydrogen (secondary N) is 1. The summed E-state index contributed by atoms with van der Waals surface area (Å²) in [6.07, 6.45) is 1.82. The summed E-state index contributed by atoms with van der Waals surface area (Å²) in [7, 11) is 0. The Morgan fingerprint density at radius 2 is 1.73 bits per heavy atom. The second kappa shape index (κ2) is 9.32. The van der Waals surface area contributed by atoms with Crippen LogP contribution in [0.25, 0.3) is 11.6 Å². The quantitative estimate of drug-likeness (QED) is 0.698. The molecule has 86 valence electrons. The van der Waals surface area contributed by atoms with Gasteiger partial charge in [-0.2, -0.15) is 0 Å². The van der Waals surface area contributed by atoms with Crippen molar-refractivity contribution in [1.82, 2.24) is 4.98 Å². The van der Waals surface area contributed by atoms with Gasteiger partial charge >= 0.3 is 0 Å². The molecule has 0 aromatic carbocycles. The van der Waals surface area contributed by atoms with Gasteiger partial charge in [-0.05, 0) is 31.6 Å². The molecule has 0 aliphatic heterocycles. The van der Waals surface area contributed by atoms with E-state index >= 15 is 0 Å². The Morgan fingerprint density at radius 1 is 1.27 bits per heavy atom. The van der Waals surface area contributed by atoms with Gasteiger partial charge in [-0.15, -0.1) is 0 Å². The molecule has 0 bridgehead atoms. The molecule has 0 radical (unpaired) electrons. The van der Waals surface area contributed by atoms with Crippen LogP contribution in [0, 0.1) is 6.92 Å². The van der Waals surface area contributed by atoms with Crippen molar-refractivity contribution >= 4 is 11.6 Å². The van der Waals surface area contributed by atoms with E-state index in [1.165, 1.54) is 0 Å². The van der Waals surface area contributed by atoms with Gasteiger partial charge in [0.25, 0.3) is 0 Å². The second-order valence-corrected chi connectivity index (χ2v) is 2.76. The maximum absolute atomic E-state index is 3.88. The van der Waals surface area contributed by atoms with Gasteiger partial charge in [0, 0.05) is 17.0 Å². The number of rotatable bonds is 2. The van der Waals surface area contributed by atoms with Crippen LogP contribution in [0.5, 0.6) is 0 Å². The summed E-state index contributed by atoms with van der Waals surface area (Å²) < 4.78 is 0. The molecule has 0 saturated carbocycles. The number of hydrogen-bond donors (Lipinski definition) is 1. The van der Waals surface area contributed by atoms with Crippen LogP contribution in [0.1, 0.15) is 51.6 Å². The van der Waals surface area contributed by atoms with Crippen LogP contribution in [-0.2, 0) is 0 Å². The summed E-state index contributed by atoms with van der Waals surface area (Å²) in [5, 5.41) is 0. The predicted octanol–water partition coefficient (Wildman–Crippen LogP) is 5.05. The summed E-state index contributed by atoms with van der Waals surface area (Å²) in [6.45, 7) is 19.6. The highest BCUT2D eigenvalue weighted by molar-refractivity contribution is 5.70. The number of H-pyrrole nitrogens is 1. The van der Waals surface area contributed by atoms with Crippen LogP contribution in [0.15, 0.2) is 19.2 Å². The summed E-state index contributed by atoms with van der Waals surface area (Å²) in [5.74, 6) is 0. The zero-order valence-electron chi connectivity index (χ0n) is 11.1. The van der Waals surface area contributed by atoms with E-state index in [1.54, 1.807) is 0 Å². The largest absolute Gasteiger partial charge is 0.359 e. The average Bonchev–Trinajstić information content (AvgIpc) is 2.65. The van der Waals surface area contributed by atoms with Crippen molar-refractivity contribution in [2.45, 2.75) is 41.5 Å². The van der Waals surface area contributed by atoms with Crippen molar-refractivity contribution < 1.29 is 0 Å². The molecule has 1 rings (SSSR count). The highest BCUT2D eigenvalue weighted by atomic mass is 14.7. The minimum atomic E-state index is 1.06. The molecule has 0 aliphatic carbocycles. The molecule has 1 nitrogen and oxygen atoms in total. The van der Waals surface area contributed by atoms with Gasteiger partial charge in [0.15, 0.2) is 0 Å². The zero-order chi connectivity index (χ0) is 12.4. The van der Waals surface area contributed by atoms with E-state index in [1.807, 2.05) is 47.6 Å². The van der Waals surface area contributed by atoms with E-state index in [0.717, 1.165) is 22.5 Å². The van der Waals surface area contributed by atoms with E-state index in [0.29, 0.717) is 0 Å². The number of hydrogen-bond acceptors (Lipinski definition) is 0. The molecule has 0 spiro atoms. The molecule has 0 aliphatic rings. The summed E-state index contributed by atoms with van der Waals surface area (Å²) >= 11 is 0. The van der Waals surface area contributed by atoms with Crippen LogP contribution in [0.2, 0.25) is 0 Å². The second-order valence-electron chi connectivity index (χ2n) is 2.76. The average molecular weight is 207 g/mol. The van der Waals surface area contributed by atoms with Gasteiger partial charge in [-0.3, -0.25) is 0 Å². The van der Waals surface area contributed by atoms with Crippen LogP contribution in [0.3, 0.4) is 0 Å². The summed E-state index contributed by atoms with van der Waals surface area (Å²) in [6, 6.07) is 2.08. The highest BCUT2D eigenvalue weighted by Gasteiger charge is 2.01. The first kappa shape index (κ1) is 16.2. The van der Waals surface area contributed by atoms with Gasteiger partial charge in [-0.25, -0.2) is 0 Å². The van der Waals surface area contributed by atoms with E-state index in [4.69, 9.17) is 0 Å². The minimum Gasteiger partial charge on any atom is -0.359 e. The lowest BCUT2D eigenvalue weighted by Gasteiger charge is -1.95. The van der Waals surface area contributed by atoms with Crippen molar-refractivity contribution in [3.63, 3.8) is 0 Å². The van der Waals surface area contributed by atoms with Crippen molar-refractivity contribution in [1.29, 1.82) is 0 Å². The molecule has 1 N–H and O–H groups in total. The third-order valence-electron chi connectivity index (χ3n) is 1.65. The molecule has 0 saturated heterocycles. The first-order valence-corrected chi connectivity index (χ1v) is 5.63. The van der Waals surface area contributed by atoms with Gasteiger partial charge in [0.05, 0.1) is 0 Å². The normalized spacial score (nSPS) is 7.87. The molecular weight excluding hydrogens is 182 g/mol. The molecule has 1 heteroatoms. The van der Waals surface area contributed by atoms with Crippen LogP contribution >= 0.6 is 0 Å². The molecule has 15 heavy (non-hydrogen) atoms. The number of allylic oxidation sites excluding steroid dienone is 1. The lowest BCUT2D eigenvalue weighted by Crippen LogP contribution is -1.77. The Morgan fingerprint density at radius 3 is 2.00 bits per heavy atom. The van der Waals surface area contributed by atoms with Crippen molar-refractivity contribution in [2.24, 2.45) is 0 Å². The molecule has 1 heterocycles. The Kier molecular flexibility index (Phi) is 10.1. The van der Waals surface area contributed by atoms with E-state index < -0.39 is 0 Å². The van der Waals surface area contributed by atoms with Gasteiger partial charge in [0.1, 0.15) is 0 Å². The van der Waals surface area contributed by atoms with Gasteiger partial charge in [0.2, 0.25) is 0 Å². The third-order valence-corrected chi connectivity index (χ3v) is 1.65. The Bertz CT molecular complexity index is 292. The first-order valence-electron chi connectivity index (χ1n) is 5.63. The maximum atomic E-state index is 3.88. The van der Waals surface area contributed by atoms with E-state index in [9.17, 15) is 0 Å². The Labute approximate surface area is 94.9 Å². The molecule has 0 atom stereocenters. The van der Waals surface area contributed by atoms with Crippen molar-refractivity contribution in [3.8, 4) is 0 Å². The zero-order valence-corrected chi connectivity index (χ0v) is 11.1. The van der Waals surface area contributed by atoms with Gasteiger partial charge in [-0.1, -0.05) is 40.9 Å². The monoisotopic (exact) mass is 207 g/mol. The van der Waals surface area contributed by atoms with Crippen LogP contribution < -0.4 is 0 Å². The van der Waals surface area contributed by atoms with Crippen LogP contribution in [-0.4, -0.2) is 4.98 Å². The number of aromatic nitrogens is 1. The predicted molar refractivity (Wildman–Crippen MR) is 73.0 cm³/mol. The summed E-state index contributed by atoms with van der Waals surface area (Å²) in [4.78, 5) is 3.20. The van der Waals surface area contributed by atoms with E-state index in [-0.39, 0.29) is 0 Å². The molecular formula is C14H25N. The smallest absolute Gasteiger partial charge is 0.0452 e. The number of aryl methyl sites for hydroxylation is 1. The lowest BCUT2D eigenvalue weighted by molar-refractivity contribution is 1.25. The maximum Gasteiger partial charge on any atom is 0.0452 e. The van der Waals surface area contributed by atoms with Gasteiger partial charge < -0.3 is 4.98 Å². The minimum absolute atomic E-state index is 1.06.